The van der Waals surface area contributed by atoms with Crippen molar-refractivity contribution in [3.8, 4) is 16.9 Å². The Morgan fingerprint density at radius 1 is 1.06 bits per heavy atom. The van der Waals surface area contributed by atoms with Crippen LogP contribution in [0.15, 0.2) is 65.6 Å². The molecule has 0 spiro atoms. The van der Waals surface area contributed by atoms with Crippen LogP contribution in [0.4, 0.5) is 8.78 Å². The Kier molecular flexibility index (Phi) is 7.11. The molecule has 0 radical (unpaired) electrons. The smallest absolute Gasteiger partial charge is 0.387 e. The summed E-state index contributed by atoms with van der Waals surface area (Å²) < 4.78 is 43.2. The Hall–Kier alpha value is -3.56. The highest BCUT2D eigenvalue weighted by Crippen LogP contribution is 2.28. The molecule has 4 aromatic rings. The molecule has 9 heteroatoms. The van der Waals surface area contributed by atoms with Gasteiger partial charge in [-0.05, 0) is 35.4 Å². The zero-order valence-corrected chi connectivity index (χ0v) is 18.0. The van der Waals surface area contributed by atoms with Gasteiger partial charge in [-0.15, -0.1) is 0 Å². The summed E-state index contributed by atoms with van der Waals surface area (Å²) in [6.07, 6.45) is 1.64. The number of benzene rings is 2. The van der Waals surface area contributed by atoms with Crippen LogP contribution in [0, 0.1) is 0 Å². The molecule has 1 N–H and O–H groups in total. The Bertz CT molecular complexity index is 1270. The largest absolute Gasteiger partial charge is 0.434 e. The summed E-state index contributed by atoms with van der Waals surface area (Å²) in [6.45, 7) is -1.59. The van der Waals surface area contributed by atoms with Gasteiger partial charge in [-0.3, -0.25) is 4.79 Å². The minimum absolute atomic E-state index is 0.109. The predicted molar refractivity (Wildman–Crippen MR) is 119 cm³/mol. The van der Waals surface area contributed by atoms with Crippen molar-refractivity contribution in [1.29, 1.82) is 0 Å². The van der Waals surface area contributed by atoms with Gasteiger partial charge in [0, 0.05) is 24.9 Å². The lowest BCUT2D eigenvalue weighted by molar-refractivity contribution is -0.0504. The molecule has 0 atom stereocenters. The zero-order chi connectivity index (χ0) is 23.2. The van der Waals surface area contributed by atoms with E-state index in [1.807, 2.05) is 22.8 Å². The number of para-hydroxylation sites is 1. The van der Waals surface area contributed by atoms with E-state index in [0.717, 1.165) is 22.2 Å². The molecule has 0 aliphatic rings. The number of imidazole rings is 1. The van der Waals surface area contributed by atoms with E-state index in [0.29, 0.717) is 24.6 Å². The van der Waals surface area contributed by atoms with Gasteiger partial charge >= 0.3 is 6.61 Å². The first kappa shape index (κ1) is 22.6. The number of methoxy groups -OCH3 is 1. The van der Waals surface area contributed by atoms with E-state index in [2.05, 4.69) is 4.98 Å². The average Bonchev–Trinajstić information content (AvgIpc) is 3.14. The van der Waals surface area contributed by atoms with Crippen LogP contribution in [-0.4, -0.2) is 41.5 Å². The van der Waals surface area contributed by atoms with E-state index in [-0.39, 0.29) is 24.5 Å². The standard InChI is InChI=1S/C24H23F2N3O4/c1-31-10-11-32-15-22-28-19-8-6-16(17-7-9-23(30)27-13-17)12-20(19)29(22)14-18-4-2-3-5-21(18)33-24(25)26/h2-9,12-13,24H,10-11,14-15H2,1H3,(H,27,30). The second kappa shape index (κ2) is 10.4. The van der Waals surface area contributed by atoms with E-state index in [1.165, 1.54) is 12.1 Å². The maximum Gasteiger partial charge on any atom is 0.387 e. The second-order valence-corrected chi connectivity index (χ2v) is 7.29. The molecule has 4 rings (SSSR count). The highest BCUT2D eigenvalue weighted by Gasteiger charge is 2.16. The predicted octanol–water partition coefficient (Wildman–Crippen LogP) is 4.20. The van der Waals surface area contributed by atoms with Crippen molar-refractivity contribution in [2.45, 2.75) is 19.8 Å². The van der Waals surface area contributed by atoms with Crippen molar-refractivity contribution in [3.05, 3.63) is 82.5 Å². The number of rotatable bonds is 10. The number of pyridine rings is 1. The second-order valence-electron chi connectivity index (χ2n) is 7.29. The van der Waals surface area contributed by atoms with E-state index in [1.54, 1.807) is 37.6 Å². The molecule has 2 aromatic carbocycles. The van der Waals surface area contributed by atoms with Crippen molar-refractivity contribution >= 4 is 11.0 Å². The fourth-order valence-electron chi connectivity index (χ4n) is 3.55. The average molecular weight is 455 g/mol. The van der Waals surface area contributed by atoms with Gasteiger partial charge in [0.1, 0.15) is 18.2 Å². The molecule has 0 bridgehead atoms. The van der Waals surface area contributed by atoms with E-state index in [9.17, 15) is 13.6 Å². The van der Waals surface area contributed by atoms with Crippen molar-refractivity contribution in [1.82, 2.24) is 14.5 Å². The van der Waals surface area contributed by atoms with Crippen molar-refractivity contribution < 1.29 is 23.0 Å². The van der Waals surface area contributed by atoms with Crippen LogP contribution in [0.3, 0.4) is 0 Å². The number of aromatic amines is 1. The topological polar surface area (TPSA) is 78.4 Å². The number of hydrogen-bond donors (Lipinski definition) is 1. The minimum Gasteiger partial charge on any atom is -0.434 e. The van der Waals surface area contributed by atoms with Crippen LogP contribution in [0.1, 0.15) is 11.4 Å². The number of hydrogen-bond acceptors (Lipinski definition) is 5. The lowest BCUT2D eigenvalue weighted by Gasteiger charge is -2.14. The SMILES string of the molecule is COCCOCc1nc2ccc(-c3ccc(=O)[nH]c3)cc2n1Cc1ccccc1OC(F)F. The van der Waals surface area contributed by atoms with Crippen molar-refractivity contribution in [3.63, 3.8) is 0 Å². The fraction of sp³-hybridized carbons (Fsp3) is 0.250. The third kappa shape index (κ3) is 5.44. The summed E-state index contributed by atoms with van der Waals surface area (Å²) in [4.78, 5) is 18.8. The molecule has 0 amide bonds. The van der Waals surface area contributed by atoms with Gasteiger partial charge in [-0.2, -0.15) is 8.78 Å². The molecule has 0 saturated carbocycles. The maximum absolute atomic E-state index is 12.9. The lowest BCUT2D eigenvalue weighted by Crippen LogP contribution is -2.11. The zero-order valence-electron chi connectivity index (χ0n) is 18.0. The summed E-state index contributed by atoms with van der Waals surface area (Å²) in [5.41, 5.74) is 3.66. The van der Waals surface area contributed by atoms with E-state index < -0.39 is 6.61 Å². The summed E-state index contributed by atoms with van der Waals surface area (Å²) >= 11 is 0. The normalized spacial score (nSPS) is 11.4. The maximum atomic E-state index is 12.9. The molecule has 172 valence electrons. The third-order valence-electron chi connectivity index (χ3n) is 5.12. The van der Waals surface area contributed by atoms with Gasteiger partial charge in [-0.25, -0.2) is 4.98 Å². The van der Waals surface area contributed by atoms with Gasteiger partial charge in [0.2, 0.25) is 5.56 Å². The van der Waals surface area contributed by atoms with Crippen LogP contribution in [0.2, 0.25) is 0 Å². The number of ether oxygens (including phenoxy) is 3. The van der Waals surface area contributed by atoms with Gasteiger partial charge in [0.15, 0.2) is 0 Å². The summed E-state index contributed by atoms with van der Waals surface area (Å²) in [6, 6.07) is 15.6. The first-order valence-electron chi connectivity index (χ1n) is 10.3. The fourth-order valence-corrected chi connectivity index (χ4v) is 3.55. The molecular formula is C24H23F2N3O4. The van der Waals surface area contributed by atoms with Crippen LogP contribution in [-0.2, 0) is 22.6 Å². The molecule has 0 saturated heterocycles. The number of fused-ring (bicyclic) bond motifs is 1. The molecule has 0 fully saturated rings. The van der Waals surface area contributed by atoms with Crippen molar-refractivity contribution in [2.75, 3.05) is 20.3 Å². The van der Waals surface area contributed by atoms with Gasteiger partial charge in [0.25, 0.3) is 0 Å². The summed E-state index contributed by atoms with van der Waals surface area (Å²) in [5, 5.41) is 0. The van der Waals surface area contributed by atoms with Gasteiger partial charge < -0.3 is 23.8 Å². The number of halogens is 2. The van der Waals surface area contributed by atoms with Crippen molar-refractivity contribution in [2.24, 2.45) is 0 Å². The molecule has 0 aliphatic carbocycles. The summed E-state index contributed by atoms with van der Waals surface area (Å²) in [7, 11) is 1.59. The summed E-state index contributed by atoms with van der Waals surface area (Å²) in [5.74, 6) is 0.754. The van der Waals surface area contributed by atoms with E-state index >= 15 is 0 Å². The number of nitrogens with one attached hydrogen (secondary N) is 1. The van der Waals surface area contributed by atoms with E-state index in [4.69, 9.17) is 19.2 Å². The highest BCUT2D eigenvalue weighted by molar-refractivity contribution is 5.82. The molecule has 0 unspecified atom stereocenters. The molecular weight excluding hydrogens is 432 g/mol. The molecule has 7 nitrogen and oxygen atoms in total. The Morgan fingerprint density at radius 3 is 2.64 bits per heavy atom. The molecule has 33 heavy (non-hydrogen) atoms. The Morgan fingerprint density at radius 2 is 1.88 bits per heavy atom. The van der Waals surface area contributed by atoms with Crippen LogP contribution >= 0.6 is 0 Å². The van der Waals surface area contributed by atoms with Gasteiger partial charge in [0.05, 0.1) is 30.8 Å². The lowest BCUT2D eigenvalue weighted by atomic mass is 10.1. The highest BCUT2D eigenvalue weighted by atomic mass is 19.3. The Labute approximate surface area is 188 Å². The first-order valence-corrected chi connectivity index (χ1v) is 10.3. The number of aromatic nitrogens is 3. The number of alkyl halides is 2. The molecule has 2 aromatic heterocycles. The molecule has 0 aliphatic heterocycles. The van der Waals surface area contributed by atoms with Crippen LogP contribution in [0.25, 0.3) is 22.2 Å². The Balaban J connectivity index is 1.76. The van der Waals surface area contributed by atoms with Crippen LogP contribution in [0.5, 0.6) is 5.75 Å². The van der Waals surface area contributed by atoms with Gasteiger partial charge in [-0.1, -0.05) is 24.3 Å². The quantitative estimate of drug-likeness (QED) is 0.363. The minimum atomic E-state index is -2.92. The molecule has 2 heterocycles. The number of H-pyrrole nitrogens is 1. The first-order chi connectivity index (χ1) is 16.0. The van der Waals surface area contributed by atoms with Crippen LogP contribution < -0.4 is 10.3 Å². The monoisotopic (exact) mass is 455 g/mol. The third-order valence-corrected chi connectivity index (χ3v) is 5.12. The number of nitrogens with zero attached hydrogens (tertiary/aromatic N) is 2.